The number of anilines is 1. The fourth-order valence-electron chi connectivity index (χ4n) is 2.41. The van der Waals surface area contributed by atoms with Crippen LogP contribution in [-0.2, 0) is 13.6 Å². The minimum absolute atomic E-state index is 0.869. The van der Waals surface area contributed by atoms with Crippen LogP contribution >= 0.6 is 0 Å². The van der Waals surface area contributed by atoms with Gasteiger partial charge in [-0.3, -0.25) is 9.67 Å². The van der Waals surface area contributed by atoms with Crippen LogP contribution in [0.5, 0.6) is 0 Å². The van der Waals surface area contributed by atoms with E-state index in [1.54, 1.807) is 0 Å². The first-order valence-corrected chi connectivity index (χ1v) is 6.54. The zero-order valence-corrected chi connectivity index (χ0v) is 12.7. The molecule has 102 valence electrons. The standard InChI is InChI=1S/C15H22N4/c1-10-7-14(8-11(2)16-10)18(5)9-15-12(3)17-19(6)13(15)4/h7-8H,9H2,1-6H3. The summed E-state index contributed by atoms with van der Waals surface area (Å²) in [5.41, 5.74) is 6.95. The predicted molar refractivity (Wildman–Crippen MR) is 78.5 cm³/mol. The van der Waals surface area contributed by atoms with E-state index in [0.29, 0.717) is 0 Å². The van der Waals surface area contributed by atoms with Crippen molar-refractivity contribution in [2.45, 2.75) is 34.2 Å². The smallest absolute Gasteiger partial charge is 0.0646 e. The summed E-state index contributed by atoms with van der Waals surface area (Å²) in [6.07, 6.45) is 0. The van der Waals surface area contributed by atoms with Crippen LogP contribution in [0.4, 0.5) is 5.69 Å². The van der Waals surface area contributed by atoms with Gasteiger partial charge in [0, 0.05) is 49.0 Å². The van der Waals surface area contributed by atoms with Gasteiger partial charge in [-0.25, -0.2) is 0 Å². The molecule has 0 spiro atoms. The van der Waals surface area contributed by atoms with Gasteiger partial charge in [0.25, 0.3) is 0 Å². The molecule has 0 bridgehead atoms. The average Bonchev–Trinajstić information content (AvgIpc) is 2.54. The molecule has 4 heteroatoms. The maximum absolute atomic E-state index is 4.47. The molecule has 2 heterocycles. The van der Waals surface area contributed by atoms with Crippen LogP contribution in [0.3, 0.4) is 0 Å². The predicted octanol–water partition coefficient (Wildman–Crippen LogP) is 2.69. The number of hydrogen-bond acceptors (Lipinski definition) is 3. The number of rotatable bonds is 3. The lowest BCUT2D eigenvalue weighted by molar-refractivity contribution is 0.729. The van der Waals surface area contributed by atoms with Gasteiger partial charge in [-0.1, -0.05) is 0 Å². The lowest BCUT2D eigenvalue weighted by atomic mass is 10.1. The first-order chi connectivity index (χ1) is 8.88. The first-order valence-electron chi connectivity index (χ1n) is 6.54. The summed E-state index contributed by atoms with van der Waals surface area (Å²) >= 11 is 0. The van der Waals surface area contributed by atoms with Crippen LogP contribution < -0.4 is 4.90 Å². The van der Waals surface area contributed by atoms with Gasteiger partial charge in [0.1, 0.15) is 0 Å². The summed E-state index contributed by atoms with van der Waals surface area (Å²) in [5, 5.41) is 4.47. The van der Waals surface area contributed by atoms with Crippen molar-refractivity contribution < 1.29 is 0 Å². The van der Waals surface area contributed by atoms with E-state index in [1.165, 1.54) is 16.9 Å². The minimum atomic E-state index is 0.869. The highest BCUT2D eigenvalue weighted by molar-refractivity contribution is 5.48. The fourth-order valence-corrected chi connectivity index (χ4v) is 2.41. The van der Waals surface area contributed by atoms with Crippen molar-refractivity contribution in [3.8, 4) is 0 Å². The third-order valence-corrected chi connectivity index (χ3v) is 3.56. The molecule has 0 radical (unpaired) electrons. The Morgan fingerprint density at radius 3 is 2.16 bits per heavy atom. The second-order valence-corrected chi connectivity index (χ2v) is 5.24. The molecule has 0 saturated heterocycles. The first kappa shape index (κ1) is 13.6. The van der Waals surface area contributed by atoms with E-state index < -0.39 is 0 Å². The Bertz CT molecular complexity index is 578. The van der Waals surface area contributed by atoms with Crippen molar-refractivity contribution in [2.24, 2.45) is 7.05 Å². The summed E-state index contributed by atoms with van der Waals surface area (Å²) in [5.74, 6) is 0. The summed E-state index contributed by atoms with van der Waals surface area (Å²) in [7, 11) is 4.10. The lowest BCUT2D eigenvalue weighted by Crippen LogP contribution is -2.18. The number of hydrogen-bond donors (Lipinski definition) is 0. The number of nitrogens with zero attached hydrogens (tertiary/aromatic N) is 4. The molecule has 0 aliphatic rings. The Morgan fingerprint density at radius 2 is 1.68 bits per heavy atom. The van der Waals surface area contributed by atoms with Crippen molar-refractivity contribution >= 4 is 5.69 Å². The lowest BCUT2D eigenvalue weighted by Gasteiger charge is -2.20. The summed E-state index contributed by atoms with van der Waals surface area (Å²) in [4.78, 5) is 6.67. The van der Waals surface area contributed by atoms with Gasteiger partial charge >= 0.3 is 0 Å². The molecule has 0 aromatic carbocycles. The molecule has 0 N–H and O–H groups in total. The number of pyridine rings is 1. The van der Waals surface area contributed by atoms with Crippen molar-refractivity contribution in [3.05, 3.63) is 40.5 Å². The Labute approximate surface area is 115 Å². The molecule has 0 aliphatic carbocycles. The van der Waals surface area contributed by atoms with Gasteiger partial charge in [0.05, 0.1) is 5.69 Å². The molecule has 0 fully saturated rings. The fraction of sp³-hybridized carbons (Fsp3) is 0.467. The SMILES string of the molecule is Cc1cc(N(C)Cc2c(C)nn(C)c2C)cc(C)n1. The molecule has 2 rings (SSSR count). The largest absolute Gasteiger partial charge is 0.370 e. The van der Waals surface area contributed by atoms with Crippen molar-refractivity contribution in [3.63, 3.8) is 0 Å². The minimum Gasteiger partial charge on any atom is -0.370 e. The van der Waals surface area contributed by atoms with Gasteiger partial charge in [0.2, 0.25) is 0 Å². The van der Waals surface area contributed by atoms with Crippen LogP contribution in [-0.4, -0.2) is 21.8 Å². The third-order valence-electron chi connectivity index (χ3n) is 3.56. The molecule has 0 saturated carbocycles. The molecule has 0 unspecified atom stereocenters. The van der Waals surface area contributed by atoms with Gasteiger partial charge in [-0.2, -0.15) is 5.10 Å². The topological polar surface area (TPSA) is 34.0 Å². The van der Waals surface area contributed by atoms with Crippen LogP contribution in [0.2, 0.25) is 0 Å². The van der Waals surface area contributed by atoms with Gasteiger partial charge in [-0.15, -0.1) is 0 Å². The molecular weight excluding hydrogens is 236 g/mol. The van der Waals surface area contributed by atoms with E-state index in [4.69, 9.17) is 0 Å². The summed E-state index contributed by atoms with van der Waals surface area (Å²) < 4.78 is 1.95. The van der Waals surface area contributed by atoms with Crippen molar-refractivity contribution in [1.82, 2.24) is 14.8 Å². The van der Waals surface area contributed by atoms with Gasteiger partial charge in [-0.05, 0) is 39.8 Å². The van der Waals surface area contributed by atoms with Crippen LogP contribution in [0.1, 0.15) is 28.3 Å². The quantitative estimate of drug-likeness (QED) is 0.849. The highest BCUT2D eigenvalue weighted by Crippen LogP contribution is 2.20. The highest BCUT2D eigenvalue weighted by atomic mass is 15.3. The zero-order chi connectivity index (χ0) is 14.2. The van der Waals surface area contributed by atoms with Crippen molar-refractivity contribution in [1.29, 1.82) is 0 Å². The summed E-state index contributed by atoms with van der Waals surface area (Å²) in [6.45, 7) is 9.12. The van der Waals surface area contributed by atoms with E-state index in [2.05, 4.69) is 48.0 Å². The van der Waals surface area contributed by atoms with E-state index in [9.17, 15) is 0 Å². The molecule has 4 nitrogen and oxygen atoms in total. The van der Waals surface area contributed by atoms with Gasteiger partial charge in [0.15, 0.2) is 0 Å². The second-order valence-electron chi connectivity index (χ2n) is 5.24. The number of aryl methyl sites for hydroxylation is 4. The molecule has 2 aromatic heterocycles. The average molecular weight is 258 g/mol. The molecule has 19 heavy (non-hydrogen) atoms. The maximum atomic E-state index is 4.47. The van der Waals surface area contributed by atoms with Crippen LogP contribution in [0, 0.1) is 27.7 Å². The van der Waals surface area contributed by atoms with E-state index in [-0.39, 0.29) is 0 Å². The second kappa shape index (κ2) is 5.03. The molecule has 0 amide bonds. The molecule has 2 aromatic rings. The highest BCUT2D eigenvalue weighted by Gasteiger charge is 2.12. The molecular formula is C15H22N4. The normalized spacial score (nSPS) is 10.8. The molecule has 0 atom stereocenters. The van der Waals surface area contributed by atoms with Crippen molar-refractivity contribution in [2.75, 3.05) is 11.9 Å². The molecule has 0 aliphatic heterocycles. The Hall–Kier alpha value is -1.84. The van der Waals surface area contributed by atoms with Crippen LogP contribution in [0.25, 0.3) is 0 Å². The maximum Gasteiger partial charge on any atom is 0.0646 e. The Balaban J connectivity index is 2.27. The summed E-state index contributed by atoms with van der Waals surface area (Å²) in [6, 6.07) is 4.24. The van der Waals surface area contributed by atoms with E-state index in [1.807, 2.05) is 25.6 Å². The van der Waals surface area contributed by atoms with E-state index >= 15 is 0 Å². The number of aromatic nitrogens is 3. The van der Waals surface area contributed by atoms with Crippen LogP contribution in [0.15, 0.2) is 12.1 Å². The Kier molecular flexibility index (Phi) is 3.60. The van der Waals surface area contributed by atoms with Gasteiger partial charge < -0.3 is 4.90 Å². The van der Waals surface area contributed by atoms with E-state index in [0.717, 1.165) is 23.6 Å². The third kappa shape index (κ3) is 2.78. The zero-order valence-electron chi connectivity index (χ0n) is 12.7. The monoisotopic (exact) mass is 258 g/mol. The Morgan fingerprint density at radius 1 is 1.11 bits per heavy atom.